The molecule has 144 valence electrons. The normalized spacial score (nSPS) is 24.4. The van der Waals surface area contributed by atoms with Crippen molar-refractivity contribution in [2.24, 2.45) is 11.8 Å². The molecule has 6 heteroatoms. The molecular weight excluding hydrogens is 364 g/mol. The molecule has 0 saturated carbocycles. The average Bonchev–Trinajstić information content (AvgIpc) is 3.18. The van der Waals surface area contributed by atoms with Gasteiger partial charge in [-0.3, -0.25) is 9.69 Å². The molecule has 0 unspecified atom stereocenters. The Hall–Kier alpha value is -2.24. The number of halogens is 1. The van der Waals surface area contributed by atoms with E-state index in [1.165, 1.54) is 5.56 Å². The summed E-state index contributed by atoms with van der Waals surface area (Å²) in [7, 11) is 3.84. The van der Waals surface area contributed by atoms with E-state index in [4.69, 9.17) is 4.74 Å². The van der Waals surface area contributed by atoms with E-state index < -0.39 is 0 Å². The molecule has 3 atom stereocenters. The van der Waals surface area contributed by atoms with Crippen LogP contribution in [0.15, 0.2) is 48.5 Å². The number of ether oxygens (including phenoxy) is 1. The third-order valence-corrected chi connectivity index (χ3v) is 5.73. The Kier molecular flexibility index (Phi) is 5.63. The average molecular weight is 389 g/mol. The van der Waals surface area contributed by atoms with Gasteiger partial charge in [0.1, 0.15) is 11.5 Å². The number of hydrogen-bond acceptors (Lipinski definition) is 4. The second-order valence-electron chi connectivity index (χ2n) is 7.34. The topological polar surface area (TPSA) is 53.0 Å². The van der Waals surface area contributed by atoms with Crippen LogP contribution in [0.5, 0.6) is 11.5 Å². The zero-order valence-electron chi connectivity index (χ0n) is 15.5. The molecule has 0 aromatic heterocycles. The van der Waals surface area contributed by atoms with E-state index in [9.17, 15) is 9.90 Å². The van der Waals surface area contributed by atoms with Gasteiger partial charge in [-0.2, -0.15) is 0 Å². The smallest absolute Gasteiger partial charge is 0.254 e. The van der Waals surface area contributed by atoms with Crippen molar-refractivity contribution in [3.05, 3.63) is 59.7 Å². The number of benzene rings is 2. The molecule has 0 aliphatic carbocycles. The summed E-state index contributed by atoms with van der Waals surface area (Å²) in [6, 6.07) is 15.2. The number of amides is 1. The molecule has 27 heavy (non-hydrogen) atoms. The minimum atomic E-state index is 0. The number of phenols is 1. The van der Waals surface area contributed by atoms with Crippen LogP contribution in [0.2, 0.25) is 0 Å². The van der Waals surface area contributed by atoms with E-state index in [2.05, 4.69) is 24.1 Å². The Balaban J connectivity index is 0.00000210. The molecule has 1 N–H and O–H groups in total. The van der Waals surface area contributed by atoms with Crippen molar-refractivity contribution < 1.29 is 14.6 Å². The lowest BCUT2D eigenvalue weighted by atomic mass is 9.89. The van der Waals surface area contributed by atoms with E-state index >= 15 is 0 Å². The van der Waals surface area contributed by atoms with Crippen LogP contribution >= 0.6 is 12.4 Å². The molecule has 4 rings (SSSR count). The van der Waals surface area contributed by atoms with E-state index in [1.54, 1.807) is 31.4 Å². The summed E-state index contributed by atoms with van der Waals surface area (Å²) in [5.41, 5.74) is 1.83. The first-order valence-electron chi connectivity index (χ1n) is 8.99. The molecule has 2 heterocycles. The Bertz CT molecular complexity index is 811. The van der Waals surface area contributed by atoms with Crippen molar-refractivity contribution in [3.8, 4) is 11.5 Å². The maximum atomic E-state index is 12.8. The van der Waals surface area contributed by atoms with Crippen molar-refractivity contribution in [2.75, 3.05) is 33.8 Å². The van der Waals surface area contributed by atoms with Crippen molar-refractivity contribution in [2.45, 2.75) is 6.04 Å². The highest BCUT2D eigenvalue weighted by Gasteiger charge is 2.47. The molecule has 5 nitrogen and oxygen atoms in total. The van der Waals surface area contributed by atoms with Crippen molar-refractivity contribution >= 4 is 18.3 Å². The highest BCUT2D eigenvalue weighted by Crippen LogP contribution is 2.44. The summed E-state index contributed by atoms with van der Waals surface area (Å²) >= 11 is 0. The van der Waals surface area contributed by atoms with Gasteiger partial charge in [0.2, 0.25) is 0 Å². The molecular formula is C21H25ClN2O3. The molecule has 2 aromatic rings. The van der Waals surface area contributed by atoms with Crippen LogP contribution in [0.3, 0.4) is 0 Å². The lowest BCUT2D eigenvalue weighted by molar-refractivity contribution is 0.0767. The number of nitrogens with zero attached hydrogens (tertiary/aromatic N) is 2. The molecule has 2 aromatic carbocycles. The molecule has 2 aliphatic rings. The summed E-state index contributed by atoms with van der Waals surface area (Å²) in [5, 5.41) is 9.65. The minimum Gasteiger partial charge on any atom is -0.508 e. The number of carbonyl (C=O) groups is 1. The molecule has 2 aliphatic heterocycles. The van der Waals surface area contributed by atoms with E-state index in [1.807, 2.05) is 17.0 Å². The predicted octanol–water partition coefficient (Wildman–Crippen LogP) is 3.20. The molecule has 0 spiro atoms. The summed E-state index contributed by atoms with van der Waals surface area (Å²) < 4.78 is 5.27. The van der Waals surface area contributed by atoms with Crippen LogP contribution in [0.4, 0.5) is 0 Å². The van der Waals surface area contributed by atoms with Crippen LogP contribution in [0.25, 0.3) is 0 Å². The molecule has 0 radical (unpaired) electrons. The molecule has 1 amide bonds. The van der Waals surface area contributed by atoms with Crippen LogP contribution < -0.4 is 4.74 Å². The number of fused-ring (bicyclic) bond motifs is 1. The van der Waals surface area contributed by atoms with Gasteiger partial charge in [0.15, 0.2) is 0 Å². The van der Waals surface area contributed by atoms with Crippen LogP contribution in [-0.2, 0) is 0 Å². The Morgan fingerprint density at radius 3 is 2.52 bits per heavy atom. The number of rotatable bonds is 3. The second kappa shape index (κ2) is 7.79. The van der Waals surface area contributed by atoms with Crippen molar-refractivity contribution in [1.82, 2.24) is 9.80 Å². The number of likely N-dealkylation sites (tertiary alicyclic amines) is 2. The first kappa shape index (κ1) is 19.5. The van der Waals surface area contributed by atoms with E-state index in [0.717, 1.165) is 25.4 Å². The first-order valence-corrected chi connectivity index (χ1v) is 8.99. The van der Waals surface area contributed by atoms with Crippen LogP contribution in [-0.4, -0.2) is 54.6 Å². The number of aromatic hydroxyl groups is 1. The number of hydrogen-bond donors (Lipinski definition) is 1. The maximum absolute atomic E-state index is 12.8. The number of carbonyl (C=O) groups excluding carboxylic acids is 1. The quantitative estimate of drug-likeness (QED) is 0.877. The van der Waals surface area contributed by atoms with Gasteiger partial charge in [-0.25, -0.2) is 0 Å². The fraction of sp³-hybridized carbons (Fsp3) is 0.381. The van der Waals surface area contributed by atoms with Gasteiger partial charge < -0.3 is 14.7 Å². The Morgan fingerprint density at radius 1 is 1.11 bits per heavy atom. The molecule has 2 saturated heterocycles. The minimum absolute atomic E-state index is 0. The number of phenolic OH excluding ortho intramolecular Hbond substituents is 1. The Morgan fingerprint density at radius 2 is 1.85 bits per heavy atom. The van der Waals surface area contributed by atoms with Gasteiger partial charge in [0, 0.05) is 37.2 Å². The lowest BCUT2D eigenvalue weighted by Crippen LogP contribution is -2.33. The van der Waals surface area contributed by atoms with Gasteiger partial charge in [0.25, 0.3) is 5.91 Å². The fourth-order valence-electron chi connectivity index (χ4n) is 4.55. The van der Waals surface area contributed by atoms with Gasteiger partial charge in [-0.1, -0.05) is 18.2 Å². The molecule has 2 fully saturated rings. The highest BCUT2D eigenvalue weighted by atomic mass is 35.5. The zero-order valence-corrected chi connectivity index (χ0v) is 16.4. The second-order valence-corrected chi connectivity index (χ2v) is 7.34. The summed E-state index contributed by atoms with van der Waals surface area (Å²) in [5.74, 6) is 1.90. The summed E-state index contributed by atoms with van der Waals surface area (Å²) in [6.45, 7) is 2.52. The lowest BCUT2D eigenvalue weighted by Gasteiger charge is -2.27. The first-order chi connectivity index (χ1) is 12.6. The third kappa shape index (κ3) is 3.62. The van der Waals surface area contributed by atoms with Crippen molar-refractivity contribution in [1.29, 1.82) is 0 Å². The van der Waals surface area contributed by atoms with Gasteiger partial charge in [0.05, 0.1) is 7.11 Å². The zero-order chi connectivity index (χ0) is 18.3. The largest absolute Gasteiger partial charge is 0.508 e. The standard InChI is InChI=1S/C21H24N2O3.ClH/c1-22-11-16-12-23(21(25)15-4-3-5-17(24)10-15)13-19(16)20(22)14-6-8-18(26-2)9-7-14;/h3-10,16,19-20,24H,11-13H2,1-2H3;1H/t16-,19+,20-;/m0./s1. The maximum Gasteiger partial charge on any atom is 0.254 e. The van der Waals surface area contributed by atoms with Gasteiger partial charge >= 0.3 is 0 Å². The number of methoxy groups -OCH3 is 1. The summed E-state index contributed by atoms with van der Waals surface area (Å²) in [6.07, 6.45) is 0. The SMILES string of the molecule is COc1ccc([C@H]2[C@@H]3CN(C(=O)c4cccc(O)c4)C[C@@H]3CN2C)cc1.Cl. The van der Waals surface area contributed by atoms with E-state index in [-0.39, 0.29) is 24.1 Å². The van der Waals surface area contributed by atoms with Crippen LogP contribution in [0, 0.1) is 11.8 Å². The van der Waals surface area contributed by atoms with E-state index in [0.29, 0.717) is 23.4 Å². The Labute approximate surface area is 166 Å². The summed E-state index contributed by atoms with van der Waals surface area (Å²) in [4.78, 5) is 17.2. The fourth-order valence-corrected chi connectivity index (χ4v) is 4.55. The highest BCUT2D eigenvalue weighted by molar-refractivity contribution is 5.94. The predicted molar refractivity (Wildman–Crippen MR) is 107 cm³/mol. The van der Waals surface area contributed by atoms with Gasteiger partial charge in [-0.05, 0) is 48.9 Å². The third-order valence-electron chi connectivity index (χ3n) is 5.73. The monoisotopic (exact) mass is 388 g/mol. The van der Waals surface area contributed by atoms with Crippen LogP contribution in [0.1, 0.15) is 22.0 Å². The molecule has 0 bridgehead atoms. The van der Waals surface area contributed by atoms with Gasteiger partial charge in [-0.15, -0.1) is 12.4 Å². The van der Waals surface area contributed by atoms with Crippen molar-refractivity contribution in [3.63, 3.8) is 0 Å².